The number of nitrogens with zero attached hydrogens (tertiary/aromatic N) is 5. The van der Waals surface area contributed by atoms with Crippen molar-refractivity contribution in [1.82, 2.24) is 24.2 Å². The van der Waals surface area contributed by atoms with Crippen molar-refractivity contribution in [3.63, 3.8) is 0 Å². The minimum atomic E-state index is -0.163. The zero-order chi connectivity index (χ0) is 13.3. The second kappa shape index (κ2) is 4.52. The van der Waals surface area contributed by atoms with E-state index in [-0.39, 0.29) is 5.91 Å². The van der Waals surface area contributed by atoms with Crippen LogP contribution in [0.1, 0.15) is 16.2 Å². The Morgan fingerprint density at radius 3 is 2.72 bits per heavy atom. The van der Waals surface area contributed by atoms with Crippen molar-refractivity contribution in [2.75, 3.05) is 12.8 Å². The maximum absolute atomic E-state index is 12.2. The van der Waals surface area contributed by atoms with Crippen molar-refractivity contribution in [3.8, 4) is 0 Å². The number of hydrogen-bond acceptors (Lipinski definition) is 4. The van der Waals surface area contributed by atoms with Gasteiger partial charge in [0.15, 0.2) is 0 Å². The molecule has 0 radical (unpaired) electrons. The Hall–Kier alpha value is -2.31. The summed E-state index contributed by atoms with van der Waals surface area (Å²) in [6, 6.07) is 0. The predicted octanol–water partition coefficient (Wildman–Crippen LogP) is 0.00800. The average molecular weight is 248 g/mol. The molecule has 0 aliphatic rings. The maximum Gasteiger partial charge on any atom is 0.259 e. The number of aryl methyl sites for hydroxylation is 2. The highest BCUT2D eigenvalue weighted by atomic mass is 16.2. The fourth-order valence-corrected chi connectivity index (χ4v) is 1.65. The van der Waals surface area contributed by atoms with E-state index in [0.717, 1.165) is 5.82 Å². The fourth-order valence-electron chi connectivity index (χ4n) is 1.65. The number of amides is 1. The van der Waals surface area contributed by atoms with Gasteiger partial charge in [0.2, 0.25) is 0 Å². The lowest BCUT2D eigenvalue weighted by Gasteiger charge is -2.16. The van der Waals surface area contributed by atoms with Gasteiger partial charge in [-0.15, -0.1) is 0 Å². The summed E-state index contributed by atoms with van der Waals surface area (Å²) >= 11 is 0. The van der Waals surface area contributed by atoms with Crippen LogP contribution in [-0.4, -0.2) is 37.2 Å². The summed E-state index contributed by atoms with van der Waals surface area (Å²) in [7, 11) is 5.30. The lowest BCUT2D eigenvalue weighted by atomic mass is 10.3. The third-order valence-corrected chi connectivity index (χ3v) is 2.86. The molecule has 0 aliphatic heterocycles. The van der Waals surface area contributed by atoms with E-state index in [2.05, 4.69) is 10.1 Å². The van der Waals surface area contributed by atoms with Crippen LogP contribution < -0.4 is 5.73 Å². The maximum atomic E-state index is 12.2. The first-order chi connectivity index (χ1) is 8.50. The molecule has 0 saturated heterocycles. The fraction of sp³-hybridized carbons (Fsp3) is 0.364. The number of carbonyl (C=O) groups excluding carboxylic acids is 1. The van der Waals surface area contributed by atoms with E-state index in [1.165, 1.54) is 10.9 Å². The standard InChI is InChI=1S/C11H16N6O/c1-15-5-4-13-9(15)7-16(2)11(18)8-6-14-17(3)10(8)12/h4-6H,7,12H2,1-3H3. The summed E-state index contributed by atoms with van der Waals surface area (Å²) < 4.78 is 3.35. The van der Waals surface area contributed by atoms with Gasteiger partial charge >= 0.3 is 0 Å². The second-order valence-corrected chi connectivity index (χ2v) is 4.18. The van der Waals surface area contributed by atoms with Crippen LogP contribution in [-0.2, 0) is 20.6 Å². The molecular formula is C11H16N6O. The first-order valence-corrected chi connectivity index (χ1v) is 5.50. The molecule has 18 heavy (non-hydrogen) atoms. The van der Waals surface area contributed by atoms with Crippen LogP contribution in [0.3, 0.4) is 0 Å². The van der Waals surface area contributed by atoms with Gasteiger partial charge in [-0.2, -0.15) is 5.10 Å². The Kier molecular flexibility index (Phi) is 3.05. The van der Waals surface area contributed by atoms with Gasteiger partial charge in [0.1, 0.15) is 17.2 Å². The van der Waals surface area contributed by atoms with Crippen molar-refractivity contribution in [2.24, 2.45) is 14.1 Å². The van der Waals surface area contributed by atoms with E-state index < -0.39 is 0 Å². The molecule has 0 unspecified atom stereocenters. The number of nitrogens with two attached hydrogens (primary N) is 1. The minimum Gasteiger partial charge on any atom is -0.383 e. The van der Waals surface area contributed by atoms with Crippen LogP contribution in [0.25, 0.3) is 0 Å². The number of imidazole rings is 1. The SMILES string of the molecule is CN(Cc1nccn1C)C(=O)c1cnn(C)c1N. The van der Waals surface area contributed by atoms with Gasteiger partial charge in [0.05, 0.1) is 12.7 Å². The van der Waals surface area contributed by atoms with Gasteiger partial charge in [-0.25, -0.2) is 4.98 Å². The van der Waals surface area contributed by atoms with E-state index in [1.54, 1.807) is 25.2 Å². The molecule has 2 heterocycles. The van der Waals surface area contributed by atoms with Crippen molar-refractivity contribution < 1.29 is 4.79 Å². The second-order valence-electron chi connectivity index (χ2n) is 4.18. The first-order valence-electron chi connectivity index (χ1n) is 5.50. The van der Waals surface area contributed by atoms with Gasteiger partial charge in [0.25, 0.3) is 5.91 Å². The molecule has 2 N–H and O–H groups in total. The highest BCUT2D eigenvalue weighted by Gasteiger charge is 2.18. The predicted molar refractivity (Wildman–Crippen MR) is 66.6 cm³/mol. The highest BCUT2D eigenvalue weighted by Crippen LogP contribution is 2.13. The zero-order valence-electron chi connectivity index (χ0n) is 10.7. The number of anilines is 1. The van der Waals surface area contributed by atoms with Crippen LogP contribution in [0.4, 0.5) is 5.82 Å². The number of nitrogen functional groups attached to an aromatic ring is 1. The third-order valence-electron chi connectivity index (χ3n) is 2.86. The van der Waals surface area contributed by atoms with Gasteiger partial charge < -0.3 is 15.2 Å². The zero-order valence-corrected chi connectivity index (χ0v) is 10.7. The number of rotatable bonds is 3. The van der Waals surface area contributed by atoms with E-state index in [9.17, 15) is 4.79 Å². The van der Waals surface area contributed by atoms with Crippen LogP contribution in [0.5, 0.6) is 0 Å². The number of carbonyl (C=O) groups is 1. The summed E-state index contributed by atoms with van der Waals surface area (Å²) in [6.45, 7) is 0.427. The molecule has 1 amide bonds. The molecule has 7 heteroatoms. The molecule has 0 bridgehead atoms. The highest BCUT2D eigenvalue weighted by molar-refractivity contribution is 5.98. The summed E-state index contributed by atoms with van der Waals surface area (Å²) in [5.41, 5.74) is 6.19. The Bertz CT molecular complexity index is 570. The monoisotopic (exact) mass is 248 g/mol. The number of hydrogen-bond donors (Lipinski definition) is 1. The van der Waals surface area contributed by atoms with Crippen molar-refractivity contribution in [1.29, 1.82) is 0 Å². The number of aromatic nitrogens is 4. The Labute approximate surface area is 105 Å². The summed E-state index contributed by atoms with van der Waals surface area (Å²) in [6.07, 6.45) is 5.02. The molecule has 2 rings (SSSR count). The topological polar surface area (TPSA) is 82.0 Å². The van der Waals surface area contributed by atoms with Gasteiger partial charge in [-0.3, -0.25) is 9.48 Å². The lowest BCUT2D eigenvalue weighted by molar-refractivity contribution is 0.0781. The Morgan fingerprint density at radius 2 is 2.22 bits per heavy atom. The van der Waals surface area contributed by atoms with E-state index in [1.807, 2.05) is 17.8 Å². The molecule has 96 valence electrons. The van der Waals surface area contributed by atoms with Crippen LogP contribution in [0, 0.1) is 0 Å². The molecule has 0 aliphatic carbocycles. The van der Waals surface area contributed by atoms with Crippen molar-refractivity contribution >= 4 is 11.7 Å². The molecule has 2 aromatic rings. The quantitative estimate of drug-likeness (QED) is 0.829. The van der Waals surface area contributed by atoms with Crippen molar-refractivity contribution in [2.45, 2.75) is 6.54 Å². The average Bonchev–Trinajstić information content (AvgIpc) is 2.87. The van der Waals surface area contributed by atoms with E-state index in [0.29, 0.717) is 17.9 Å². The minimum absolute atomic E-state index is 0.163. The normalized spacial score (nSPS) is 10.6. The third kappa shape index (κ3) is 2.06. The van der Waals surface area contributed by atoms with Crippen LogP contribution in [0.15, 0.2) is 18.6 Å². The van der Waals surface area contributed by atoms with Crippen LogP contribution >= 0.6 is 0 Å². The molecule has 0 spiro atoms. The summed E-state index contributed by atoms with van der Waals surface area (Å²) in [5, 5.41) is 3.96. The molecule has 0 saturated carbocycles. The molecule has 2 aromatic heterocycles. The molecular weight excluding hydrogens is 232 g/mol. The van der Waals surface area contributed by atoms with E-state index >= 15 is 0 Å². The Balaban J connectivity index is 2.15. The smallest absolute Gasteiger partial charge is 0.259 e. The largest absolute Gasteiger partial charge is 0.383 e. The molecule has 7 nitrogen and oxygen atoms in total. The van der Waals surface area contributed by atoms with Crippen LogP contribution in [0.2, 0.25) is 0 Å². The molecule has 0 atom stereocenters. The first kappa shape index (κ1) is 12.2. The molecule has 0 aromatic carbocycles. The lowest BCUT2D eigenvalue weighted by Crippen LogP contribution is -2.28. The van der Waals surface area contributed by atoms with Gasteiger partial charge in [-0.1, -0.05) is 0 Å². The summed E-state index contributed by atoms with van der Waals surface area (Å²) in [5.74, 6) is 1.02. The van der Waals surface area contributed by atoms with Gasteiger partial charge in [0, 0.05) is 33.5 Å². The van der Waals surface area contributed by atoms with Crippen molar-refractivity contribution in [3.05, 3.63) is 30.0 Å². The Morgan fingerprint density at radius 1 is 1.50 bits per heavy atom. The van der Waals surface area contributed by atoms with Gasteiger partial charge in [-0.05, 0) is 0 Å². The molecule has 0 fully saturated rings. The summed E-state index contributed by atoms with van der Waals surface area (Å²) in [4.78, 5) is 17.9. The van der Waals surface area contributed by atoms with E-state index in [4.69, 9.17) is 5.73 Å².